The van der Waals surface area contributed by atoms with Gasteiger partial charge in [-0.15, -0.1) is 5.10 Å². The van der Waals surface area contributed by atoms with Gasteiger partial charge in [-0.1, -0.05) is 16.8 Å². The molecule has 0 saturated heterocycles. The lowest BCUT2D eigenvalue weighted by Crippen LogP contribution is -2.30. The van der Waals surface area contributed by atoms with Crippen molar-refractivity contribution >= 4 is 48.6 Å². The van der Waals surface area contributed by atoms with Crippen LogP contribution in [0.4, 0.5) is 0 Å². The molecule has 2 N–H and O–H groups in total. The summed E-state index contributed by atoms with van der Waals surface area (Å²) in [5, 5.41) is 12.2. The molecule has 3 aromatic rings. The van der Waals surface area contributed by atoms with E-state index in [4.69, 9.17) is 16.3 Å². The lowest BCUT2D eigenvalue weighted by Gasteiger charge is -2.13. The summed E-state index contributed by atoms with van der Waals surface area (Å²) < 4.78 is 33.4. The van der Waals surface area contributed by atoms with Gasteiger partial charge in [-0.2, -0.15) is 0 Å². The van der Waals surface area contributed by atoms with Crippen molar-refractivity contribution < 1.29 is 13.2 Å². The molecular weight excluding hydrogens is 508 g/mol. The summed E-state index contributed by atoms with van der Waals surface area (Å²) in [6.07, 6.45) is 5.13. The van der Waals surface area contributed by atoms with Crippen LogP contribution in [0.1, 0.15) is 18.4 Å². The zero-order chi connectivity index (χ0) is 22.0. The molecule has 2 aromatic heterocycles. The topological polar surface area (TPSA) is 111 Å². The summed E-state index contributed by atoms with van der Waals surface area (Å²) in [6.45, 7) is 2.01. The molecule has 0 unspecified atom stereocenters. The Hall–Kier alpha value is -1.79. The maximum absolute atomic E-state index is 11.1. The fraction of sp³-hybridized carbons (Fsp3) is 0.421. The number of halogens is 2. The molecule has 4 rings (SSSR count). The maximum atomic E-state index is 11.1. The number of aromatic nitrogens is 4. The molecule has 9 nitrogen and oxygen atoms in total. The average Bonchev–Trinajstić information content (AvgIpc) is 3.43. The lowest BCUT2D eigenvalue weighted by atomic mass is 10.2. The minimum absolute atomic E-state index is 0.280. The van der Waals surface area contributed by atoms with Crippen molar-refractivity contribution in [2.45, 2.75) is 25.9 Å². The van der Waals surface area contributed by atoms with Gasteiger partial charge in [-0.05, 0) is 52.9 Å². The highest BCUT2D eigenvalue weighted by Gasteiger charge is 2.24. The smallest absolute Gasteiger partial charge is 0.223 e. The molecule has 1 saturated carbocycles. The molecule has 0 spiro atoms. The molecule has 1 aliphatic rings. The van der Waals surface area contributed by atoms with Gasteiger partial charge in [0.2, 0.25) is 15.9 Å². The molecule has 0 radical (unpaired) electrons. The quantitative estimate of drug-likeness (QED) is 0.388. The van der Waals surface area contributed by atoms with E-state index in [9.17, 15) is 8.42 Å². The first-order valence-electron chi connectivity index (χ1n) is 9.79. The van der Waals surface area contributed by atoms with E-state index in [-0.39, 0.29) is 6.54 Å². The predicted molar refractivity (Wildman–Crippen MR) is 122 cm³/mol. The van der Waals surface area contributed by atoms with E-state index in [1.165, 1.54) is 19.0 Å². The highest BCUT2D eigenvalue weighted by molar-refractivity contribution is 9.10. The normalized spacial score (nSPS) is 14.3. The molecule has 2 heterocycles. The van der Waals surface area contributed by atoms with Crippen LogP contribution in [0.3, 0.4) is 0 Å². The molecular formula is C19H22BrClN6O3S. The Bertz CT molecular complexity index is 1200. The van der Waals surface area contributed by atoms with Gasteiger partial charge in [-0.25, -0.2) is 22.8 Å². The maximum Gasteiger partial charge on any atom is 0.223 e. The summed E-state index contributed by atoms with van der Waals surface area (Å²) in [4.78, 5) is 4.32. The fourth-order valence-electron chi connectivity index (χ4n) is 3.08. The number of pyridine rings is 1. The van der Waals surface area contributed by atoms with E-state index >= 15 is 0 Å². The Morgan fingerprint density at radius 3 is 2.87 bits per heavy atom. The lowest BCUT2D eigenvalue weighted by molar-refractivity contribution is 0.451. The van der Waals surface area contributed by atoms with Crippen molar-refractivity contribution in [1.29, 1.82) is 0 Å². The number of rotatable bonds is 10. The second-order valence-electron chi connectivity index (χ2n) is 7.52. The molecule has 0 amide bonds. The van der Waals surface area contributed by atoms with Gasteiger partial charge in [0.25, 0.3) is 0 Å². The number of ether oxygens (including phenoxy) is 1. The largest absolute Gasteiger partial charge is 0.437 e. The number of sulfonamides is 1. The number of fused-ring (bicyclic) bond motifs is 1. The third kappa shape index (κ3) is 5.92. The standard InChI is InChI=1S/C19H22BrClN6O3S/c1-31(28,29)24-7-6-22-9-13-8-14(21)10-23-19(13)30-16-5-4-15-18(17(16)20)25-26-27(15)11-12-2-3-12/h4-5,8,10,12,22,24H,2-3,6-7,9,11H2,1H3. The third-order valence-electron chi connectivity index (χ3n) is 4.80. The molecule has 0 atom stereocenters. The first-order chi connectivity index (χ1) is 14.8. The van der Waals surface area contributed by atoms with Crippen molar-refractivity contribution in [2.24, 2.45) is 5.92 Å². The molecule has 1 fully saturated rings. The molecule has 1 aromatic carbocycles. The van der Waals surface area contributed by atoms with Gasteiger partial charge in [0.15, 0.2) is 0 Å². The summed E-state index contributed by atoms with van der Waals surface area (Å²) in [7, 11) is -3.22. The predicted octanol–water partition coefficient (Wildman–Crippen LogP) is 3.08. The van der Waals surface area contributed by atoms with Crippen LogP contribution in [0.5, 0.6) is 11.6 Å². The monoisotopic (exact) mass is 528 g/mol. The molecule has 12 heteroatoms. The molecule has 31 heavy (non-hydrogen) atoms. The SMILES string of the molecule is CS(=O)(=O)NCCNCc1cc(Cl)cnc1Oc1ccc2c(nnn2CC2CC2)c1Br. The van der Waals surface area contributed by atoms with E-state index in [0.717, 1.165) is 29.4 Å². The van der Waals surface area contributed by atoms with Gasteiger partial charge in [0, 0.05) is 37.9 Å². The van der Waals surface area contributed by atoms with Gasteiger partial charge in [-0.3, -0.25) is 0 Å². The van der Waals surface area contributed by atoms with Gasteiger partial charge >= 0.3 is 0 Å². The van der Waals surface area contributed by atoms with Gasteiger partial charge in [0.1, 0.15) is 11.3 Å². The second-order valence-corrected chi connectivity index (χ2v) is 10.6. The van der Waals surface area contributed by atoms with Crippen molar-refractivity contribution in [3.63, 3.8) is 0 Å². The summed E-state index contributed by atoms with van der Waals surface area (Å²) in [5.41, 5.74) is 2.44. The highest BCUT2D eigenvalue weighted by Crippen LogP contribution is 2.37. The Morgan fingerprint density at radius 2 is 2.13 bits per heavy atom. The Balaban J connectivity index is 1.48. The van der Waals surface area contributed by atoms with Crippen LogP contribution in [0, 0.1) is 5.92 Å². The number of nitrogens with zero attached hydrogens (tertiary/aromatic N) is 4. The van der Waals surface area contributed by atoms with E-state index in [1.54, 1.807) is 6.07 Å². The van der Waals surface area contributed by atoms with Gasteiger partial charge in [0.05, 0.1) is 21.3 Å². The molecule has 166 valence electrons. The summed E-state index contributed by atoms with van der Waals surface area (Å²) in [5.74, 6) is 1.67. The van der Waals surface area contributed by atoms with Crippen LogP contribution in [0.25, 0.3) is 11.0 Å². The average molecular weight is 530 g/mol. The van der Waals surface area contributed by atoms with Crippen LogP contribution in [-0.2, 0) is 23.1 Å². The van der Waals surface area contributed by atoms with Crippen LogP contribution in [0.2, 0.25) is 5.02 Å². The van der Waals surface area contributed by atoms with E-state index in [2.05, 4.69) is 41.3 Å². The Kier molecular flexibility index (Phi) is 6.77. The first kappa shape index (κ1) is 22.4. The number of nitrogens with one attached hydrogen (secondary N) is 2. The first-order valence-corrected chi connectivity index (χ1v) is 12.9. The van der Waals surface area contributed by atoms with E-state index < -0.39 is 10.0 Å². The number of hydrogen-bond donors (Lipinski definition) is 2. The minimum Gasteiger partial charge on any atom is -0.437 e. The van der Waals surface area contributed by atoms with Crippen LogP contribution < -0.4 is 14.8 Å². The molecule has 1 aliphatic carbocycles. The van der Waals surface area contributed by atoms with Crippen molar-refractivity contribution in [3.8, 4) is 11.6 Å². The van der Waals surface area contributed by atoms with Crippen molar-refractivity contribution in [2.75, 3.05) is 19.3 Å². The van der Waals surface area contributed by atoms with E-state index in [1.807, 2.05) is 16.8 Å². The van der Waals surface area contributed by atoms with Crippen LogP contribution in [-0.4, -0.2) is 47.7 Å². The Labute approximate surface area is 193 Å². The zero-order valence-electron chi connectivity index (χ0n) is 16.8. The van der Waals surface area contributed by atoms with Crippen LogP contribution >= 0.6 is 27.5 Å². The minimum atomic E-state index is -3.22. The van der Waals surface area contributed by atoms with Gasteiger partial charge < -0.3 is 10.1 Å². The summed E-state index contributed by atoms with van der Waals surface area (Å²) in [6, 6.07) is 5.57. The van der Waals surface area contributed by atoms with Crippen LogP contribution in [0.15, 0.2) is 28.9 Å². The number of benzene rings is 1. The van der Waals surface area contributed by atoms with Crippen molar-refractivity contribution in [3.05, 3.63) is 39.5 Å². The fourth-order valence-corrected chi connectivity index (χ4v) is 4.23. The highest BCUT2D eigenvalue weighted by atomic mass is 79.9. The molecule has 0 bridgehead atoms. The number of hydrogen-bond acceptors (Lipinski definition) is 7. The van der Waals surface area contributed by atoms with Crippen molar-refractivity contribution in [1.82, 2.24) is 30.0 Å². The Morgan fingerprint density at radius 1 is 1.32 bits per heavy atom. The molecule has 0 aliphatic heterocycles. The summed E-state index contributed by atoms with van der Waals surface area (Å²) >= 11 is 9.70. The van der Waals surface area contributed by atoms with E-state index in [0.29, 0.717) is 40.1 Å². The second kappa shape index (κ2) is 9.37. The zero-order valence-corrected chi connectivity index (χ0v) is 20.0. The third-order valence-corrected chi connectivity index (χ3v) is 6.50.